The minimum absolute atomic E-state index is 0.101. The summed E-state index contributed by atoms with van der Waals surface area (Å²) in [6, 6.07) is 8.28. The van der Waals surface area contributed by atoms with Crippen molar-refractivity contribution < 1.29 is 14.3 Å². The monoisotopic (exact) mass is 245 g/mol. The van der Waals surface area contributed by atoms with E-state index in [1.165, 1.54) is 0 Å². The number of carboxylic acids is 1. The van der Waals surface area contributed by atoms with Crippen molar-refractivity contribution in [1.29, 1.82) is 0 Å². The molecule has 1 aliphatic rings. The number of aliphatic carboxylic acids is 1. The predicted molar refractivity (Wildman–Crippen MR) is 67.3 cm³/mol. The lowest BCUT2D eigenvalue weighted by atomic mass is 10.1. The molecule has 1 fully saturated rings. The van der Waals surface area contributed by atoms with Gasteiger partial charge in [0.05, 0.1) is 12.8 Å². The molecule has 1 heterocycles. The molecule has 1 N–H and O–H groups in total. The van der Waals surface area contributed by atoms with Crippen LogP contribution in [0.1, 0.15) is 18.4 Å². The van der Waals surface area contributed by atoms with Gasteiger partial charge in [-0.25, -0.2) is 0 Å². The molecule has 0 saturated heterocycles. The lowest BCUT2D eigenvalue weighted by Crippen LogP contribution is -2.31. The van der Waals surface area contributed by atoms with Crippen LogP contribution in [0.3, 0.4) is 0 Å². The van der Waals surface area contributed by atoms with Gasteiger partial charge in [-0.2, -0.15) is 0 Å². The molecule has 18 heavy (non-hydrogen) atoms. The molecule has 94 valence electrons. The third-order valence-electron chi connectivity index (χ3n) is 3.34. The highest BCUT2D eigenvalue weighted by Gasteiger charge is 2.30. The quantitative estimate of drug-likeness (QED) is 0.879. The molecule has 0 spiro atoms. The molecule has 1 aliphatic carbocycles. The van der Waals surface area contributed by atoms with Crippen molar-refractivity contribution in [1.82, 2.24) is 4.90 Å². The molecule has 0 bridgehead atoms. The van der Waals surface area contributed by atoms with E-state index < -0.39 is 5.97 Å². The number of benzene rings is 1. The van der Waals surface area contributed by atoms with E-state index in [-0.39, 0.29) is 6.54 Å². The molecule has 3 rings (SSSR count). The minimum atomic E-state index is -0.769. The van der Waals surface area contributed by atoms with Crippen LogP contribution in [0.5, 0.6) is 0 Å². The van der Waals surface area contributed by atoms with Crippen LogP contribution in [-0.4, -0.2) is 28.6 Å². The van der Waals surface area contributed by atoms with Gasteiger partial charge in [0.2, 0.25) is 0 Å². The summed E-state index contributed by atoms with van der Waals surface area (Å²) in [5.41, 5.74) is 1.93. The summed E-state index contributed by atoms with van der Waals surface area (Å²) in [6.07, 6.45) is 3.94. The molecule has 0 amide bonds. The molecular formula is C14H15NO3. The zero-order valence-electron chi connectivity index (χ0n) is 10.0. The van der Waals surface area contributed by atoms with Gasteiger partial charge in [-0.1, -0.05) is 18.2 Å². The Bertz CT molecular complexity index is 571. The number of para-hydroxylation sites is 1. The van der Waals surface area contributed by atoms with Crippen LogP contribution >= 0.6 is 0 Å². The normalized spacial score (nSPS) is 15.4. The van der Waals surface area contributed by atoms with E-state index in [2.05, 4.69) is 0 Å². The number of nitrogens with zero attached hydrogens (tertiary/aromatic N) is 1. The first kappa shape index (κ1) is 11.3. The van der Waals surface area contributed by atoms with Crippen molar-refractivity contribution in [3.05, 3.63) is 36.1 Å². The molecular weight excluding hydrogens is 230 g/mol. The zero-order chi connectivity index (χ0) is 12.5. The first-order valence-corrected chi connectivity index (χ1v) is 6.15. The lowest BCUT2D eigenvalue weighted by molar-refractivity contribution is -0.138. The Morgan fingerprint density at radius 3 is 2.89 bits per heavy atom. The van der Waals surface area contributed by atoms with Crippen molar-refractivity contribution in [2.24, 2.45) is 0 Å². The van der Waals surface area contributed by atoms with E-state index in [0.717, 1.165) is 29.4 Å². The molecule has 0 aliphatic heterocycles. The van der Waals surface area contributed by atoms with Crippen molar-refractivity contribution >= 4 is 16.9 Å². The SMILES string of the molecule is O=C(O)CN(Cc1coc2ccccc12)C1CC1. The van der Waals surface area contributed by atoms with E-state index in [0.29, 0.717) is 12.6 Å². The number of hydrogen-bond acceptors (Lipinski definition) is 3. The van der Waals surface area contributed by atoms with Crippen LogP contribution in [0.4, 0.5) is 0 Å². The molecule has 0 radical (unpaired) electrons. The molecule has 1 aromatic carbocycles. The highest BCUT2D eigenvalue weighted by atomic mass is 16.4. The third kappa shape index (κ3) is 2.24. The van der Waals surface area contributed by atoms with Gasteiger partial charge in [-0.15, -0.1) is 0 Å². The maximum absolute atomic E-state index is 10.9. The van der Waals surface area contributed by atoms with Gasteiger partial charge < -0.3 is 9.52 Å². The number of furan rings is 1. The first-order valence-electron chi connectivity index (χ1n) is 6.15. The Kier molecular flexibility index (Phi) is 2.80. The number of carboxylic acid groups (broad SMARTS) is 1. The van der Waals surface area contributed by atoms with Gasteiger partial charge in [-0.05, 0) is 18.9 Å². The van der Waals surface area contributed by atoms with Gasteiger partial charge in [0.15, 0.2) is 0 Å². The van der Waals surface area contributed by atoms with Crippen molar-refractivity contribution in [3.8, 4) is 0 Å². The fourth-order valence-electron chi connectivity index (χ4n) is 2.30. The second kappa shape index (κ2) is 4.46. The second-order valence-electron chi connectivity index (χ2n) is 4.79. The average molecular weight is 245 g/mol. The molecule has 4 heteroatoms. The topological polar surface area (TPSA) is 53.7 Å². The Morgan fingerprint density at radius 2 is 2.17 bits per heavy atom. The predicted octanol–water partition coefficient (Wildman–Crippen LogP) is 2.48. The molecule has 1 saturated carbocycles. The summed E-state index contributed by atoms with van der Waals surface area (Å²) in [4.78, 5) is 12.9. The van der Waals surface area contributed by atoms with E-state index in [1.807, 2.05) is 29.2 Å². The highest BCUT2D eigenvalue weighted by molar-refractivity contribution is 5.80. The van der Waals surface area contributed by atoms with Crippen LogP contribution < -0.4 is 0 Å². The first-order chi connectivity index (χ1) is 8.74. The second-order valence-corrected chi connectivity index (χ2v) is 4.79. The summed E-state index contributed by atoms with van der Waals surface area (Å²) >= 11 is 0. The zero-order valence-corrected chi connectivity index (χ0v) is 10.0. The van der Waals surface area contributed by atoms with E-state index >= 15 is 0 Å². The van der Waals surface area contributed by atoms with Gasteiger partial charge in [0.1, 0.15) is 5.58 Å². The summed E-state index contributed by atoms with van der Waals surface area (Å²) < 4.78 is 5.48. The number of carbonyl (C=O) groups is 1. The van der Waals surface area contributed by atoms with E-state index in [9.17, 15) is 4.79 Å². The molecule has 4 nitrogen and oxygen atoms in total. The molecule has 0 unspecified atom stereocenters. The number of fused-ring (bicyclic) bond motifs is 1. The third-order valence-corrected chi connectivity index (χ3v) is 3.34. The number of rotatable bonds is 5. The Labute approximate surface area is 105 Å². The maximum atomic E-state index is 10.9. The van der Waals surface area contributed by atoms with Gasteiger partial charge in [-0.3, -0.25) is 9.69 Å². The largest absolute Gasteiger partial charge is 0.480 e. The highest BCUT2D eigenvalue weighted by Crippen LogP contribution is 2.30. The van der Waals surface area contributed by atoms with Crippen molar-refractivity contribution in [2.45, 2.75) is 25.4 Å². The lowest BCUT2D eigenvalue weighted by Gasteiger charge is -2.18. The smallest absolute Gasteiger partial charge is 0.317 e. The van der Waals surface area contributed by atoms with Crippen LogP contribution in [0.25, 0.3) is 11.0 Å². The Balaban J connectivity index is 1.83. The molecule has 0 atom stereocenters. The molecule has 1 aromatic heterocycles. The van der Waals surface area contributed by atoms with Gasteiger partial charge >= 0.3 is 5.97 Å². The van der Waals surface area contributed by atoms with Crippen LogP contribution in [0.15, 0.2) is 34.9 Å². The van der Waals surface area contributed by atoms with E-state index in [4.69, 9.17) is 9.52 Å². The summed E-state index contributed by atoms with van der Waals surface area (Å²) in [5.74, 6) is -0.769. The summed E-state index contributed by atoms with van der Waals surface area (Å²) in [7, 11) is 0. The van der Waals surface area contributed by atoms with Crippen molar-refractivity contribution in [2.75, 3.05) is 6.54 Å². The van der Waals surface area contributed by atoms with Crippen LogP contribution in [-0.2, 0) is 11.3 Å². The summed E-state index contributed by atoms with van der Waals surface area (Å²) in [6.45, 7) is 0.748. The van der Waals surface area contributed by atoms with Gasteiger partial charge in [0, 0.05) is 23.5 Å². The summed E-state index contributed by atoms with van der Waals surface area (Å²) in [5, 5.41) is 10.0. The molecule has 2 aromatic rings. The van der Waals surface area contributed by atoms with E-state index in [1.54, 1.807) is 6.26 Å². The maximum Gasteiger partial charge on any atom is 0.317 e. The Morgan fingerprint density at radius 1 is 1.39 bits per heavy atom. The minimum Gasteiger partial charge on any atom is -0.480 e. The average Bonchev–Trinajstić information content (AvgIpc) is 3.12. The van der Waals surface area contributed by atoms with Crippen molar-refractivity contribution in [3.63, 3.8) is 0 Å². The standard InChI is InChI=1S/C14H15NO3/c16-14(17)8-15(11-5-6-11)7-10-9-18-13-4-2-1-3-12(10)13/h1-4,9,11H,5-8H2,(H,16,17). The van der Waals surface area contributed by atoms with Crippen LogP contribution in [0, 0.1) is 0 Å². The Hall–Kier alpha value is -1.81. The fourth-order valence-corrected chi connectivity index (χ4v) is 2.30. The van der Waals surface area contributed by atoms with Crippen LogP contribution in [0.2, 0.25) is 0 Å². The fraction of sp³-hybridized carbons (Fsp3) is 0.357. The number of hydrogen-bond donors (Lipinski definition) is 1. The van der Waals surface area contributed by atoms with Gasteiger partial charge in [0.25, 0.3) is 0 Å².